The summed E-state index contributed by atoms with van der Waals surface area (Å²) in [5.74, 6) is -0.165. The fourth-order valence-electron chi connectivity index (χ4n) is 4.29. The Morgan fingerprint density at radius 1 is 1.00 bits per heavy atom. The van der Waals surface area contributed by atoms with Crippen molar-refractivity contribution in [2.45, 2.75) is 37.5 Å². The van der Waals surface area contributed by atoms with Gasteiger partial charge in [0, 0.05) is 26.2 Å². The smallest absolute Gasteiger partial charge is 0.243 e. The maximum Gasteiger partial charge on any atom is 0.243 e. The van der Waals surface area contributed by atoms with Crippen LogP contribution in [-0.4, -0.2) is 58.0 Å². The van der Waals surface area contributed by atoms with Gasteiger partial charge in [-0.25, -0.2) is 8.42 Å². The Morgan fingerprint density at radius 3 is 2.44 bits per heavy atom. The van der Waals surface area contributed by atoms with E-state index in [2.05, 4.69) is 10.2 Å². The van der Waals surface area contributed by atoms with Crippen molar-refractivity contribution in [2.75, 3.05) is 49.6 Å². The van der Waals surface area contributed by atoms with E-state index in [4.69, 9.17) is 4.74 Å². The van der Waals surface area contributed by atoms with Crippen LogP contribution in [0.4, 0.5) is 11.4 Å². The van der Waals surface area contributed by atoms with Gasteiger partial charge in [-0.1, -0.05) is 30.7 Å². The molecule has 0 saturated carbocycles. The van der Waals surface area contributed by atoms with Gasteiger partial charge in [0.05, 0.1) is 35.9 Å². The van der Waals surface area contributed by atoms with Crippen molar-refractivity contribution in [2.24, 2.45) is 0 Å². The number of hydrogen-bond donors (Lipinski definition) is 1. The molecule has 32 heavy (non-hydrogen) atoms. The summed E-state index contributed by atoms with van der Waals surface area (Å²) >= 11 is 0. The normalized spacial score (nSPS) is 17.8. The van der Waals surface area contributed by atoms with Crippen LogP contribution >= 0.6 is 0 Å². The van der Waals surface area contributed by atoms with Gasteiger partial charge < -0.3 is 15.0 Å². The van der Waals surface area contributed by atoms with Gasteiger partial charge in [-0.15, -0.1) is 0 Å². The quantitative estimate of drug-likeness (QED) is 0.721. The van der Waals surface area contributed by atoms with Gasteiger partial charge >= 0.3 is 0 Å². The van der Waals surface area contributed by atoms with Crippen LogP contribution in [0.1, 0.15) is 30.4 Å². The largest absolute Gasteiger partial charge is 0.378 e. The number of ether oxygens (including phenoxy) is 1. The average Bonchev–Trinajstić information content (AvgIpc) is 2.81. The molecule has 1 N–H and O–H groups in total. The Morgan fingerprint density at radius 2 is 1.72 bits per heavy atom. The molecule has 7 nitrogen and oxygen atoms in total. The van der Waals surface area contributed by atoms with Crippen LogP contribution in [0.3, 0.4) is 0 Å². The van der Waals surface area contributed by atoms with E-state index in [9.17, 15) is 13.2 Å². The summed E-state index contributed by atoms with van der Waals surface area (Å²) in [5, 5.41) is 2.99. The molecule has 0 atom stereocenters. The first kappa shape index (κ1) is 22.8. The van der Waals surface area contributed by atoms with E-state index in [0.717, 1.165) is 36.1 Å². The molecule has 2 aromatic carbocycles. The number of anilines is 2. The third-order valence-corrected chi connectivity index (χ3v) is 8.05. The van der Waals surface area contributed by atoms with Gasteiger partial charge in [0.25, 0.3) is 0 Å². The number of amides is 1. The number of morpholine rings is 1. The molecule has 0 unspecified atom stereocenters. The van der Waals surface area contributed by atoms with Gasteiger partial charge in [-0.2, -0.15) is 4.31 Å². The van der Waals surface area contributed by atoms with Gasteiger partial charge in [-0.3, -0.25) is 4.79 Å². The molecule has 2 aliphatic heterocycles. The predicted octanol–water partition coefficient (Wildman–Crippen LogP) is 3.19. The van der Waals surface area contributed by atoms with E-state index in [1.165, 1.54) is 0 Å². The highest BCUT2D eigenvalue weighted by atomic mass is 32.2. The van der Waals surface area contributed by atoms with E-state index in [0.29, 0.717) is 45.1 Å². The highest BCUT2D eigenvalue weighted by molar-refractivity contribution is 7.89. The molecule has 0 bridgehead atoms. The average molecular weight is 458 g/mol. The first-order chi connectivity index (χ1) is 15.4. The number of carbonyl (C=O) groups excluding carboxylic acids is 1. The van der Waals surface area contributed by atoms with Gasteiger partial charge in [0.1, 0.15) is 0 Å². The molecule has 0 radical (unpaired) electrons. The molecule has 2 saturated heterocycles. The number of nitrogens with zero attached hydrogens (tertiary/aromatic N) is 2. The van der Waals surface area contributed by atoms with E-state index in [1.807, 2.05) is 37.3 Å². The molecule has 2 fully saturated rings. The minimum absolute atomic E-state index is 0.165. The molecular weight excluding hydrogens is 426 g/mol. The number of rotatable bonds is 6. The van der Waals surface area contributed by atoms with E-state index in [-0.39, 0.29) is 17.2 Å². The van der Waals surface area contributed by atoms with E-state index >= 15 is 0 Å². The Balaban J connectivity index is 1.63. The molecule has 0 aliphatic carbocycles. The SMILES string of the molecule is Cc1ccccc1CC(=O)Nc1cc(S(=O)(=O)N2CCCCC2)ccc1N1CCOCC1. The lowest BCUT2D eigenvalue weighted by Crippen LogP contribution is -2.37. The van der Waals surface area contributed by atoms with Crippen LogP contribution in [0, 0.1) is 6.92 Å². The first-order valence-corrected chi connectivity index (χ1v) is 12.7. The lowest BCUT2D eigenvalue weighted by Gasteiger charge is -2.31. The zero-order valence-electron chi connectivity index (χ0n) is 18.5. The van der Waals surface area contributed by atoms with Crippen LogP contribution in [0.15, 0.2) is 47.4 Å². The zero-order chi connectivity index (χ0) is 22.6. The minimum atomic E-state index is -3.59. The van der Waals surface area contributed by atoms with Crippen molar-refractivity contribution >= 4 is 27.3 Å². The number of piperidine rings is 1. The van der Waals surface area contributed by atoms with Crippen LogP contribution < -0.4 is 10.2 Å². The molecule has 1 amide bonds. The summed E-state index contributed by atoms with van der Waals surface area (Å²) in [6, 6.07) is 12.9. The second-order valence-corrected chi connectivity index (χ2v) is 10.3. The third-order valence-electron chi connectivity index (χ3n) is 6.16. The lowest BCUT2D eigenvalue weighted by molar-refractivity contribution is -0.115. The molecule has 2 heterocycles. The van der Waals surface area contributed by atoms with Crippen molar-refractivity contribution in [3.63, 3.8) is 0 Å². The summed E-state index contributed by atoms with van der Waals surface area (Å²) < 4.78 is 33.5. The predicted molar refractivity (Wildman–Crippen MR) is 126 cm³/mol. The monoisotopic (exact) mass is 457 g/mol. The molecule has 2 aliphatic rings. The summed E-state index contributed by atoms with van der Waals surface area (Å²) in [6.45, 7) is 5.66. The van der Waals surface area contributed by atoms with Crippen LogP contribution in [-0.2, 0) is 26.0 Å². The molecule has 8 heteroatoms. The first-order valence-electron chi connectivity index (χ1n) is 11.3. The number of benzene rings is 2. The number of carbonyl (C=O) groups is 1. The number of hydrogen-bond acceptors (Lipinski definition) is 5. The van der Waals surface area contributed by atoms with Crippen LogP contribution in [0.25, 0.3) is 0 Å². The van der Waals surface area contributed by atoms with E-state index in [1.54, 1.807) is 16.4 Å². The number of aryl methyl sites for hydroxylation is 1. The highest BCUT2D eigenvalue weighted by Crippen LogP contribution is 2.32. The Bertz CT molecular complexity index is 1060. The Hall–Kier alpha value is -2.42. The molecule has 172 valence electrons. The van der Waals surface area contributed by atoms with Crippen molar-refractivity contribution < 1.29 is 17.9 Å². The van der Waals surface area contributed by atoms with Crippen molar-refractivity contribution in [1.82, 2.24) is 4.31 Å². The summed E-state index contributed by atoms with van der Waals surface area (Å²) in [4.78, 5) is 15.3. The molecule has 4 rings (SSSR count). The number of sulfonamides is 1. The molecule has 0 aromatic heterocycles. The topological polar surface area (TPSA) is 79.0 Å². The third kappa shape index (κ3) is 5.14. The van der Waals surface area contributed by atoms with Crippen molar-refractivity contribution in [3.8, 4) is 0 Å². The van der Waals surface area contributed by atoms with Gasteiger partial charge in [0.2, 0.25) is 15.9 Å². The summed E-state index contributed by atoms with van der Waals surface area (Å²) in [5.41, 5.74) is 3.36. The van der Waals surface area contributed by atoms with Crippen molar-refractivity contribution in [3.05, 3.63) is 53.6 Å². The zero-order valence-corrected chi connectivity index (χ0v) is 19.4. The second-order valence-electron chi connectivity index (χ2n) is 8.39. The van der Waals surface area contributed by atoms with Crippen LogP contribution in [0.5, 0.6) is 0 Å². The summed E-state index contributed by atoms with van der Waals surface area (Å²) in [7, 11) is -3.59. The Labute approximate surface area is 190 Å². The van der Waals surface area contributed by atoms with E-state index < -0.39 is 10.0 Å². The minimum Gasteiger partial charge on any atom is -0.378 e. The fourth-order valence-corrected chi connectivity index (χ4v) is 5.83. The standard InChI is InChI=1S/C24H31N3O4S/c1-19-7-3-4-8-20(19)17-24(28)25-22-18-21(32(29,30)27-11-5-2-6-12-27)9-10-23(22)26-13-15-31-16-14-26/h3-4,7-10,18H,2,5-6,11-17H2,1H3,(H,25,28). The molecule has 0 spiro atoms. The van der Waals surface area contributed by atoms with Crippen LogP contribution in [0.2, 0.25) is 0 Å². The maximum absolute atomic E-state index is 13.2. The van der Waals surface area contributed by atoms with Gasteiger partial charge in [0.15, 0.2) is 0 Å². The Kier molecular flexibility index (Phi) is 7.13. The lowest BCUT2D eigenvalue weighted by atomic mass is 10.1. The second kappa shape index (κ2) is 10.0. The fraction of sp³-hybridized carbons (Fsp3) is 0.458. The van der Waals surface area contributed by atoms with Crippen molar-refractivity contribution in [1.29, 1.82) is 0 Å². The molecular formula is C24H31N3O4S. The summed E-state index contributed by atoms with van der Waals surface area (Å²) in [6.07, 6.45) is 3.05. The maximum atomic E-state index is 13.2. The molecule has 2 aromatic rings. The highest BCUT2D eigenvalue weighted by Gasteiger charge is 2.27. The van der Waals surface area contributed by atoms with Gasteiger partial charge in [-0.05, 0) is 49.1 Å². The number of nitrogens with one attached hydrogen (secondary N) is 1.